The average Bonchev–Trinajstić information content (AvgIpc) is 2.04. The van der Waals surface area contributed by atoms with Crippen LogP contribution in [0.1, 0.15) is 22.1 Å². The van der Waals surface area contributed by atoms with Crippen molar-refractivity contribution < 1.29 is 21.2 Å². The number of aromatic carboxylic acids is 2. The summed E-state index contributed by atoms with van der Waals surface area (Å²) < 4.78 is 0. The van der Waals surface area contributed by atoms with Crippen molar-refractivity contribution in [3.63, 3.8) is 0 Å². The molecule has 0 fully saturated rings. The highest BCUT2D eigenvalue weighted by Crippen LogP contribution is 2.07. The van der Waals surface area contributed by atoms with Crippen molar-refractivity contribution in [2.24, 2.45) is 0 Å². The van der Waals surface area contributed by atoms with Crippen molar-refractivity contribution in [3.8, 4) is 0 Å². The maximum atomic E-state index is 10.5. The lowest BCUT2D eigenvalue weighted by atomic mass is 10.1. The van der Waals surface area contributed by atoms with Gasteiger partial charge in [-0.3, -0.25) is 0 Å². The average molecular weight is 168 g/mol. The van der Waals surface area contributed by atoms with E-state index < -0.39 is 11.9 Å². The molecule has 0 aliphatic heterocycles. The molecule has 4 nitrogen and oxygen atoms in total. The normalized spacial score (nSPS) is 9.33. The van der Waals surface area contributed by atoms with E-state index in [2.05, 4.69) is 0 Å². The number of hydrogen-bond acceptors (Lipinski definition) is 2. The number of carboxylic acids is 2. The summed E-state index contributed by atoms with van der Waals surface area (Å²) in [5, 5.41) is 17.1. The topological polar surface area (TPSA) is 74.6 Å². The Morgan fingerprint density at radius 1 is 1.00 bits per heavy atom. The minimum Gasteiger partial charge on any atom is -0.478 e. The molecule has 0 atom stereocenters. The molecule has 0 unspecified atom stereocenters. The second-order valence-electron chi connectivity index (χ2n) is 2.16. The number of carbonyl (C=O) groups is 2. The summed E-state index contributed by atoms with van der Waals surface area (Å²) in [4.78, 5) is 20.9. The number of carboxylic acid groups (broad SMARTS) is 2. The molecule has 1 aromatic rings. The zero-order valence-electron chi connectivity index (χ0n) is 6.02. The summed E-state index contributed by atoms with van der Waals surface area (Å²) in [6.45, 7) is 0. The van der Waals surface area contributed by atoms with Gasteiger partial charge < -0.3 is 10.2 Å². The molecule has 0 aliphatic carbocycles. The Labute approximate surface area is 69.6 Å². The highest BCUT2D eigenvalue weighted by molar-refractivity contribution is 6.01. The predicted molar refractivity (Wildman–Crippen MR) is 42.5 cm³/mol. The highest BCUT2D eigenvalue weighted by atomic mass is 16.4. The van der Waals surface area contributed by atoms with E-state index in [0.717, 1.165) is 0 Å². The Morgan fingerprint density at radius 2 is 1.33 bits per heavy atom. The highest BCUT2D eigenvalue weighted by Gasteiger charge is 2.13. The van der Waals surface area contributed by atoms with Gasteiger partial charge in [-0.05, 0) is 12.1 Å². The lowest BCUT2D eigenvalue weighted by Gasteiger charge is -1.98. The van der Waals surface area contributed by atoms with Crippen molar-refractivity contribution in [2.75, 3.05) is 0 Å². The van der Waals surface area contributed by atoms with Crippen LogP contribution in [-0.2, 0) is 0 Å². The molecule has 0 heterocycles. The fourth-order valence-corrected chi connectivity index (χ4v) is 0.856. The van der Waals surface area contributed by atoms with Crippen LogP contribution in [0.3, 0.4) is 0 Å². The van der Waals surface area contributed by atoms with Crippen molar-refractivity contribution in [2.45, 2.75) is 0 Å². The van der Waals surface area contributed by atoms with Gasteiger partial charge in [-0.15, -0.1) is 0 Å². The van der Waals surface area contributed by atoms with Gasteiger partial charge in [-0.1, -0.05) is 12.1 Å². The molecule has 0 amide bonds. The summed E-state index contributed by atoms with van der Waals surface area (Å²) in [6.07, 6.45) is 0. The minimum atomic E-state index is -1.23. The molecule has 0 aliphatic rings. The second-order valence-corrected chi connectivity index (χ2v) is 2.16. The van der Waals surface area contributed by atoms with Gasteiger partial charge >= 0.3 is 11.9 Å². The molecular weight excluding hydrogens is 160 g/mol. The van der Waals surface area contributed by atoms with E-state index in [1.807, 2.05) is 0 Å². The molecule has 0 saturated carbocycles. The summed E-state index contributed by atoms with van der Waals surface area (Å²) >= 11 is 0. The molecule has 1 aromatic carbocycles. The molecule has 12 heavy (non-hydrogen) atoms. The predicted octanol–water partition coefficient (Wildman–Crippen LogP) is 1.33. The third kappa shape index (κ3) is 1.42. The van der Waals surface area contributed by atoms with Crippen LogP contribution < -0.4 is 0 Å². The summed E-state index contributed by atoms with van der Waals surface area (Å²) in [6, 6.07) is 5.48. The Balaban J connectivity index is 0.00000144. The molecule has 2 N–H and O–H groups in total. The van der Waals surface area contributed by atoms with E-state index in [1.165, 1.54) is 24.3 Å². The largest absolute Gasteiger partial charge is 0.478 e. The lowest BCUT2D eigenvalue weighted by molar-refractivity contribution is 0.0651. The van der Waals surface area contributed by atoms with Crippen LogP contribution in [0, 0.1) is 0 Å². The molecular formula is C8H8O4. The zero-order chi connectivity index (χ0) is 9.14. The zero-order valence-corrected chi connectivity index (χ0v) is 6.02. The third-order valence-corrected chi connectivity index (χ3v) is 1.39. The SMILES string of the molecule is O=C(O)c1ccccc1C(=O)O.[HH]. The van der Waals surface area contributed by atoms with Crippen molar-refractivity contribution in [1.82, 2.24) is 0 Å². The van der Waals surface area contributed by atoms with E-state index >= 15 is 0 Å². The van der Waals surface area contributed by atoms with Crippen molar-refractivity contribution in [1.29, 1.82) is 0 Å². The van der Waals surface area contributed by atoms with E-state index in [0.29, 0.717) is 0 Å². The lowest BCUT2D eigenvalue weighted by Crippen LogP contribution is -2.06. The van der Waals surface area contributed by atoms with Gasteiger partial charge in [0.05, 0.1) is 11.1 Å². The summed E-state index contributed by atoms with van der Waals surface area (Å²) in [7, 11) is 0. The van der Waals surface area contributed by atoms with E-state index in [4.69, 9.17) is 10.2 Å². The fraction of sp³-hybridized carbons (Fsp3) is 0. The molecule has 1 rings (SSSR count). The van der Waals surface area contributed by atoms with Gasteiger partial charge in [0.1, 0.15) is 0 Å². The monoisotopic (exact) mass is 168 g/mol. The van der Waals surface area contributed by atoms with Crippen LogP contribution in [0.5, 0.6) is 0 Å². The quantitative estimate of drug-likeness (QED) is 0.698. The third-order valence-electron chi connectivity index (χ3n) is 1.39. The van der Waals surface area contributed by atoms with E-state index in [-0.39, 0.29) is 12.6 Å². The van der Waals surface area contributed by atoms with Gasteiger partial charge in [-0.2, -0.15) is 0 Å². The Hall–Kier alpha value is -1.84. The molecule has 0 bridgehead atoms. The minimum absolute atomic E-state index is 0. The Morgan fingerprint density at radius 3 is 1.58 bits per heavy atom. The molecule has 0 saturated heterocycles. The van der Waals surface area contributed by atoms with Gasteiger partial charge in [0.25, 0.3) is 0 Å². The first-order valence-electron chi connectivity index (χ1n) is 3.18. The summed E-state index contributed by atoms with van der Waals surface area (Å²) in [5.74, 6) is -2.46. The first-order chi connectivity index (χ1) is 5.63. The van der Waals surface area contributed by atoms with Crippen LogP contribution >= 0.6 is 0 Å². The smallest absolute Gasteiger partial charge is 0.336 e. The maximum Gasteiger partial charge on any atom is 0.336 e. The summed E-state index contributed by atoms with van der Waals surface area (Å²) in [5.41, 5.74) is -0.380. The van der Waals surface area contributed by atoms with Gasteiger partial charge in [0.2, 0.25) is 0 Å². The van der Waals surface area contributed by atoms with Gasteiger partial charge in [-0.25, -0.2) is 9.59 Å². The van der Waals surface area contributed by atoms with Gasteiger partial charge in [0.15, 0.2) is 0 Å². The van der Waals surface area contributed by atoms with E-state index in [9.17, 15) is 9.59 Å². The second kappa shape index (κ2) is 3.04. The van der Waals surface area contributed by atoms with Crippen LogP contribution in [0.4, 0.5) is 0 Å². The van der Waals surface area contributed by atoms with Crippen molar-refractivity contribution in [3.05, 3.63) is 35.4 Å². The van der Waals surface area contributed by atoms with Crippen molar-refractivity contribution >= 4 is 11.9 Å². The van der Waals surface area contributed by atoms with Crippen LogP contribution in [0.15, 0.2) is 24.3 Å². The first-order valence-corrected chi connectivity index (χ1v) is 3.18. The van der Waals surface area contributed by atoms with Gasteiger partial charge in [0, 0.05) is 1.43 Å². The number of hydrogen-bond donors (Lipinski definition) is 2. The molecule has 0 spiro atoms. The maximum absolute atomic E-state index is 10.5. The van der Waals surface area contributed by atoms with E-state index in [1.54, 1.807) is 0 Å². The molecule has 4 heteroatoms. The molecule has 0 aromatic heterocycles. The molecule has 0 radical (unpaired) electrons. The Kier molecular flexibility index (Phi) is 2.09. The Bertz CT molecular complexity index is 302. The molecule has 64 valence electrons. The number of benzene rings is 1. The fourth-order valence-electron chi connectivity index (χ4n) is 0.856. The first kappa shape index (κ1) is 8.26. The standard InChI is InChI=1S/C8H6O4.H2/c9-7(10)5-3-1-2-4-6(5)8(11)12;/h1-4H,(H,9,10)(H,11,12);1H. The van der Waals surface area contributed by atoms with Crippen LogP contribution in [0.2, 0.25) is 0 Å². The van der Waals surface area contributed by atoms with Crippen LogP contribution in [0.25, 0.3) is 0 Å². The number of rotatable bonds is 2. The van der Waals surface area contributed by atoms with Crippen LogP contribution in [-0.4, -0.2) is 22.2 Å².